The van der Waals surface area contributed by atoms with Gasteiger partial charge in [0.1, 0.15) is 29.0 Å². The third-order valence-corrected chi connectivity index (χ3v) is 5.73. The number of benzene rings is 1. The largest absolute Gasteiger partial charge is 0.478 e. The van der Waals surface area contributed by atoms with Crippen LogP contribution in [0, 0.1) is 5.82 Å². The SMILES string of the molecule is C[C@H]1Oc2cc(c[n+](O)c2N)-c2n[nH]c(Cl)c2Cc2cn(C)nc2-c2ccc(F)cc21. The van der Waals surface area contributed by atoms with Gasteiger partial charge in [0.15, 0.2) is 0 Å². The molecule has 5 rings (SSSR count). The normalized spacial score (nSPS) is 15.2. The number of nitrogens with two attached hydrogens (primary N) is 1. The van der Waals surface area contributed by atoms with Gasteiger partial charge in [-0.25, -0.2) is 4.39 Å². The number of hydrogen-bond donors (Lipinski definition) is 3. The van der Waals surface area contributed by atoms with E-state index in [0.717, 1.165) is 21.4 Å². The van der Waals surface area contributed by atoms with E-state index < -0.39 is 11.9 Å². The summed E-state index contributed by atoms with van der Waals surface area (Å²) in [6.07, 6.45) is 3.17. The summed E-state index contributed by atoms with van der Waals surface area (Å²) < 4.78 is 22.8. The molecule has 2 bridgehead atoms. The Balaban J connectivity index is 1.83. The van der Waals surface area contributed by atoms with Gasteiger partial charge in [-0.2, -0.15) is 10.2 Å². The van der Waals surface area contributed by atoms with Gasteiger partial charge in [-0.3, -0.25) is 15.5 Å². The minimum Gasteiger partial charge on any atom is -0.478 e. The fourth-order valence-corrected chi connectivity index (χ4v) is 4.16. The number of fused-ring (bicyclic) bond motifs is 7. The van der Waals surface area contributed by atoms with Crippen LogP contribution in [0.5, 0.6) is 5.75 Å². The lowest BCUT2D eigenvalue weighted by Crippen LogP contribution is -2.34. The summed E-state index contributed by atoms with van der Waals surface area (Å²) in [6.45, 7) is 1.79. The maximum atomic E-state index is 14.2. The van der Waals surface area contributed by atoms with E-state index in [-0.39, 0.29) is 11.6 Å². The van der Waals surface area contributed by atoms with E-state index >= 15 is 0 Å². The Morgan fingerprint density at radius 2 is 2.16 bits per heavy atom. The third kappa shape index (κ3) is 3.17. The number of nitrogens with one attached hydrogen (secondary N) is 1. The molecule has 0 saturated carbocycles. The highest BCUT2D eigenvalue weighted by Crippen LogP contribution is 2.38. The van der Waals surface area contributed by atoms with Crippen LogP contribution < -0.4 is 15.2 Å². The molecule has 3 aromatic heterocycles. The number of nitrogen functional groups attached to an aromatic ring is 1. The number of hydrogen-bond acceptors (Lipinski definition) is 5. The number of aromatic nitrogens is 5. The van der Waals surface area contributed by atoms with Crippen molar-refractivity contribution in [2.45, 2.75) is 19.4 Å². The molecule has 0 aliphatic carbocycles. The van der Waals surface area contributed by atoms with E-state index in [2.05, 4.69) is 15.3 Å². The molecule has 0 spiro atoms. The summed E-state index contributed by atoms with van der Waals surface area (Å²) in [5.41, 5.74) is 10.8. The van der Waals surface area contributed by atoms with Gasteiger partial charge in [-0.15, -0.1) is 0 Å². The number of ether oxygens (including phenoxy) is 1. The topological polar surface area (TPSA) is 106 Å². The number of halogens is 2. The van der Waals surface area contributed by atoms with Crippen molar-refractivity contribution in [3.8, 4) is 28.3 Å². The lowest BCUT2D eigenvalue weighted by Gasteiger charge is -2.19. The molecule has 31 heavy (non-hydrogen) atoms. The molecule has 10 heteroatoms. The van der Waals surface area contributed by atoms with E-state index in [1.807, 2.05) is 13.2 Å². The van der Waals surface area contributed by atoms with Crippen LogP contribution in [0.3, 0.4) is 0 Å². The van der Waals surface area contributed by atoms with Gasteiger partial charge < -0.3 is 9.94 Å². The highest BCUT2D eigenvalue weighted by atomic mass is 35.5. The molecule has 4 N–H and O–H groups in total. The molecular weight excluding hydrogens is 423 g/mol. The number of pyridine rings is 1. The molecule has 0 amide bonds. The summed E-state index contributed by atoms with van der Waals surface area (Å²) in [7, 11) is 1.82. The fourth-order valence-electron chi connectivity index (χ4n) is 3.96. The maximum Gasteiger partial charge on any atom is 0.354 e. The highest BCUT2D eigenvalue weighted by molar-refractivity contribution is 6.30. The lowest BCUT2D eigenvalue weighted by atomic mass is 9.95. The van der Waals surface area contributed by atoms with Crippen LogP contribution >= 0.6 is 11.6 Å². The molecule has 8 nitrogen and oxygen atoms in total. The number of aryl methyl sites for hydroxylation is 1. The molecule has 0 unspecified atom stereocenters. The fraction of sp³-hybridized carbons (Fsp3) is 0.190. The van der Waals surface area contributed by atoms with Gasteiger partial charge in [0.2, 0.25) is 5.75 Å². The second-order valence-electron chi connectivity index (χ2n) is 7.53. The van der Waals surface area contributed by atoms with E-state index in [1.165, 1.54) is 18.3 Å². The van der Waals surface area contributed by atoms with Gasteiger partial charge in [0, 0.05) is 53.5 Å². The van der Waals surface area contributed by atoms with Crippen molar-refractivity contribution < 1.29 is 19.1 Å². The number of aromatic amines is 1. The van der Waals surface area contributed by atoms with Gasteiger partial charge in [-0.1, -0.05) is 11.6 Å². The van der Waals surface area contributed by atoms with E-state index in [9.17, 15) is 9.60 Å². The molecule has 0 saturated heterocycles. The Morgan fingerprint density at radius 3 is 2.97 bits per heavy atom. The predicted molar refractivity (Wildman–Crippen MR) is 111 cm³/mol. The second-order valence-corrected chi connectivity index (χ2v) is 7.91. The van der Waals surface area contributed by atoms with Crippen LogP contribution in [0.25, 0.3) is 22.5 Å². The zero-order valence-corrected chi connectivity index (χ0v) is 17.5. The van der Waals surface area contributed by atoms with Gasteiger partial charge in [0.25, 0.3) is 0 Å². The molecule has 158 valence electrons. The van der Waals surface area contributed by atoms with Crippen LogP contribution in [0.1, 0.15) is 29.7 Å². The van der Waals surface area contributed by atoms with Crippen molar-refractivity contribution in [2.24, 2.45) is 7.05 Å². The van der Waals surface area contributed by atoms with Crippen LogP contribution in [-0.2, 0) is 13.5 Å². The summed E-state index contributed by atoms with van der Waals surface area (Å²) in [4.78, 5) is 0. The Labute approximate surface area is 181 Å². The van der Waals surface area contributed by atoms with Crippen molar-refractivity contribution in [3.63, 3.8) is 0 Å². The average molecular weight is 442 g/mol. The lowest BCUT2D eigenvalue weighted by molar-refractivity contribution is -0.893. The maximum absolute atomic E-state index is 14.2. The molecule has 1 aliphatic heterocycles. The van der Waals surface area contributed by atoms with Gasteiger partial charge in [-0.05, 0) is 29.9 Å². The Bertz CT molecular complexity index is 1330. The summed E-state index contributed by atoms with van der Waals surface area (Å²) in [6, 6.07) is 6.18. The first-order valence-electron chi connectivity index (χ1n) is 9.58. The molecule has 1 atom stereocenters. The Morgan fingerprint density at radius 1 is 1.35 bits per heavy atom. The molecule has 0 fully saturated rings. The highest BCUT2D eigenvalue weighted by Gasteiger charge is 2.27. The number of rotatable bonds is 0. The van der Waals surface area contributed by atoms with Crippen molar-refractivity contribution in [3.05, 3.63) is 64.3 Å². The van der Waals surface area contributed by atoms with Crippen LogP contribution in [0.2, 0.25) is 5.15 Å². The minimum atomic E-state index is -0.584. The van der Waals surface area contributed by atoms with E-state index in [0.29, 0.717) is 34.1 Å². The Hall–Kier alpha value is -3.59. The minimum absolute atomic E-state index is 0.00678. The number of H-pyrrole nitrogens is 1. The second kappa shape index (κ2) is 6.98. The quantitative estimate of drug-likeness (QED) is 0.286. The van der Waals surface area contributed by atoms with Gasteiger partial charge in [0.05, 0.1) is 5.69 Å². The van der Waals surface area contributed by atoms with Crippen molar-refractivity contribution in [1.82, 2.24) is 20.0 Å². The zero-order chi connectivity index (χ0) is 21.9. The number of nitrogens with zero attached hydrogens (tertiary/aromatic N) is 4. The van der Waals surface area contributed by atoms with Crippen molar-refractivity contribution in [1.29, 1.82) is 0 Å². The monoisotopic (exact) mass is 441 g/mol. The number of anilines is 1. The van der Waals surface area contributed by atoms with Gasteiger partial charge >= 0.3 is 5.82 Å². The van der Waals surface area contributed by atoms with Crippen molar-refractivity contribution >= 4 is 17.4 Å². The van der Waals surface area contributed by atoms with Crippen molar-refractivity contribution in [2.75, 3.05) is 5.73 Å². The third-order valence-electron chi connectivity index (χ3n) is 5.42. The first-order valence-corrected chi connectivity index (χ1v) is 9.96. The molecule has 0 radical (unpaired) electrons. The van der Waals surface area contributed by atoms with Crippen LogP contribution in [0.15, 0.2) is 36.7 Å². The molecule has 4 aromatic rings. The molecule has 1 aliphatic rings. The smallest absolute Gasteiger partial charge is 0.354 e. The molecular formula is C21H19ClFN6O2+. The first-order chi connectivity index (χ1) is 14.8. The average Bonchev–Trinajstić information content (AvgIpc) is 3.27. The first kappa shape index (κ1) is 19.4. The zero-order valence-electron chi connectivity index (χ0n) is 16.7. The van der Waals surface area contributed by atoms with Crippen LogP contribution in [-0.4, -0.2) is 25.2 Å². The van der Waals surface area contributed by atoms with E-state index in [1.54, 1.807) is 23.7 Å². The summed E-state index contributed by atoms with van der Waals surface area (Å²) in [5.74, 6) is -0.153. The molecule has 4 heterocycles. The van der Waals surface area contributed by atoms with Crippen LogP contribution in [0.4, 0.5) is 10.2 Å². The Kier molecular flexibility index (Phi) is 4.37. The van der Waals surface area contributed by atoms with E-state index in [4.69, 9.17) is 22.1 Å². The summed E-state index contributed by atoms with van der Waals surface area (Å²) >= 11 is 6.43. The molecule has 1 aromatic carbocycles. The summed E-state index contributed by atoms with van der Waals surface area (Å²) in [5, 5.41) is 22.5. The predicted octanol–water partition coefficient (Wildman–Crippen LogP) is 3.42. The standard InChI is InChI=1S/C21H18ClFN6O2/c1-10-15-7-13(23)3-4-14(15)19-11(8-28(2)27-19)5-16-18(25-26-20(16)22)12-6-17(31-10)21(24)29(30)9-12/h3-4,6-10,24,30H,5H2,1-2H3,(H,25,26)/p+1/t10-/m1/s1.